The van der Waals surface area contributed by atoms with Gasteiger partial charge in [0.25, 0.3) is 0 Å². The van der Waals surface area contributed by atoms with E-state index in [0.717, 1.165) is 11.6 Å². The summed E-state index contributed by atoms with van der Waals surface area (Å²) < 4.78 is 10.1. The second-order valence-electron chi connectivity index (χ2n) is 5.31. The van der Waals surface area contributed by atoms with Crippen LogP contribution < -0.4 is 5.32 Å². The second-order valence-corrected chi connectivity index (χ2v) is 6.09. The summed E-state index contributed by atoms with van der Waals surface area (Å²) in [5.41, 5.74) is 2.37. The Morgan fingerprint density at radius 2 is 1.86 bits per heavy atom. The summed E-state index contributed by atoms with van der Waals surface area (Å²) in [6, 6.07) is 10.6. The van der Waals surface area contributed by atoms with Crippen molar-refractivity contribution < 1.29 is 24.2 Å². The molecule has 0 fully saturated rings. The van der Waals surface area contributed by atoms with Gasteiger partial charge in [-0.15, -0.1) is 0 Å². The topological polar surface area (TPSA) is 84.9 Å². The number of rotatable bonds is 7. The van der Waals surface area contributed by atoms with Crippen LogP contribution in [0.25, 0.3) is 0 Å². The van der Waals surface area contributed by atoms with Crippen molar-refractivity contribution in [2.45, 2.75) is 13.8 Å². The average Bonchev–Trinajstić information content (AvgIpc) is 2.69. The highest BCUT2D eigenvalue weighted by Crippen LogP contribution is 2.36. The van der Waals surface area contributed by atoms with Gasteiger partial charge in [-0.3, -0.25) is 0 Å². The Morgan fingerprint density at radius 1 is 1.21 bits per heavy atom. The van der Waals surface area contributed by atoms with E-state index >= 15 is 0 Å². The molecule has 0 aliphatic rings. The van der Waals surface area contributed by atoms with Crippen LogP contribution in [0.4, 0.5) is 11.4 Å². The first-order valence-electron chi connectivity index (χ1n) is 8.22. The molecule has 0 radical (unpaired) electrons. The van der Waals surface area contributed by atoms with Gasteiger partial charge < -0.3 is 19.9 Å². The third-order valence-electron chi connectivity index (χ3n) is 3.34. The van der Waals surface area contributed by atoms with Crippen LogP contribution in [0.3, 0.4) is 0 Å². The van der Waals surface area contributed by atoms with E-state index in [0.29, 0.717) is 33.6 Å². The molecule has 0 saturated heterocycles. The largest absolute Gasteiger partial charge is 0.478 e. The van der Waals surface area contributed by atoms with Gasteiger partial charge >= 0.3 is 11.9 Å². The quantitative estimate of drug-likeness (QED) is 0.265. The molecule has 2 N–H and O–H groups in total. The van der Waals surface area contributed by atoms with Crippen LogP contribution >= 0.6 is 23.2 Å². The lowest BCUT2D eigenvalue weighted by atomic mass is 10.1. The first kappa shape index (κ1) is 23.5. The van der Waals surface area contributed by atoms with Crippen molar-refractivity contribution >= 4 is 46.5 Å². The number of nitrogens with one attached hydrogen (secondary N) is 1. The Hall–Kier alpha value is -2.54. The minimum absolute atomic E-state index is 0.0877. The minimum atomic E-state index is -0.981. The Balaban J connectivity index is 0.000000696. The molecular formula is C20H21Cl2NO5. The van der Waals surface area contributed by atoms with Crippen LogP contribution in [-0.4, -0.2) is 30.4 Å². The lowest BCUT2D eigenvalue weighted by molar-refractivity contribution is -0.131. The molecule has 0 bridgehead atoms. The summed E-state index contributed by atoms with van der Waals surface area (Å²) in [5.74, 6) is -1.47. The minimum Gasteiger partial charge on any atom is -0.478 e. The summed E-state index contributed by atoms with van der Waals surface area (Å²) in [7, 11) is 0. The zero-order valence-electron chi connectivity index (χ0n) is 15.5. The highest BCUT2D eigenvalue weighted by atomic mass is 35.5. The molecule has 150 valence electrons. The molecule has 0 spiro atoms. The third-order valence-corrected chi connectivity index (χ3v) is 4.14. The van der Waals surface area contributed by atoms with Crippen LogP contribution in [-0.2, 0) is 14.3 Å². The average molecular weight is 426 g/mol. The number of ether oxygens (including phenoxy) is 2. The SMILES string of the molecule is C=CC(=O)O.CCOCOC(=O)c1ccccc1Nc1c(Cl)ccc(C)c1Cl. The van der Waals surface area contributed by atoms with Gasteiger partial charge in [-0.2, -0.15) is 0 Å². The highest BCUT2D eigenvalue weighted by Gasteiger charge is 2.15. The number of benzene rings is 2. The lowest BCUT2D eigenvalue weighted by Gasteiger charge is -2.15. The van der Waals surface area contributed by atoms with Crippen molar-refractivity contribution in [1.82, 2.24) is 0 Å². The van der Waals surface area contributed by atoms with E-state index in [9.17, 15) is 9.59 Å². The number of carbonyl (C=O) groups is 2. The second kappa shape index (κ2) is 12.0. The molecule has 8 heteroatoms. The maximum absolute atomic E-state index is 12.2. The fraction of sp³-hybridized carbons (Fsp3) is 0.200. The van der Waals surface area contributed by atoms with E-state index in [1.54, 1.807) is 30.3 Å². The molecule has 0 saturated carbocycles. The number of halogens is 2. The van der Waals surface area contributed by atoms with Crippen LogP contribution in [0.15, 0.2) is 49.1 Å². The van der Waals surface area contributed by atoms with Gasteiger partial charge in [0.15, 0.2) is 6.79 Å². The molecule has 0 aromatic heterocycles. The van der Waals surface area contributed by atoms with Crippen molar-refractivity contribution in [3.8, 4) is 0 Å². The van der Waals surface area contributed by atoms with Gasteiger partial charge in [0, 0.05) is 12.7 Å². The Labute approximate surface area is 173 Å². The number of hydrogen-bond acceptors (Lipinski definition) is 5. The summed E-state index contributed by atoms with van der Waals surface area (Å²) >= 11 is 12.5. The van der Waals surface area contributed by atoms with E-state index in [2.05, 4.69) is 11.9 Å². The number of esters is 1. The zero-order chi connectivity index (χ0) is 21.1. The molecule has 28 heavy (non-hydrogen) atoms. The van der Waals surface area contributed by atoms with Crippen molar-refractivity contribution in [2.75, 3.05) is 18.7 Å². The van der Waals surface area contributed by atoms with Crippen molar-refractivity contribution in [3.63, 3.8) is 0 Å². The van der Waals surface area contributed by atoms with Gasteiger partial charge in [0.05, 0.1) is 27.0 Å². The van der Waals surface area contributed by atoms with E-state index in [-0.39, 0.29) is 6.79 Å². The summed E-state index contributed by atoms with van der Waals surface area (Å²) in [4.78, 5) is 21.4. The van der Waals surface area contributed by atoms with E-state index in [4.69, 9.17) is 37.8 Å². The molecular weight excluding hydrogens is 405 g/mol. The van der Waals surface area contributed by atoms with E-state index < -0.39 is 11.9 Å². The number of hydrogen-bond donors (Lipinski definition) is 2. The van der Waals surface area contributed by atoms with Crippen LogP contribution in [0, 0.1) is 6.92 Å². The van der Waals surface area contributed by atoms with Gasteiger partial charge in [-0.1, -0.05) is 48.0 Å². The van der Waals surface area contributed by atoms with Crippen molar-refractivity contribution in [3.05, 3.63) is 70.2 Å². The number of aliphatic carboxylic acids is 1. The molecule has 2 aromatic carbocycles. The van der Waals surface area contributed by atoms with E-state index in [1.807, 2.05) is 19.9 Å². The molecule has 2 rings (SSSR count). The predicted octanol–water partition coefficient (Wildman–Crippen LogP) is 5.45. The highest BCUT2D eigenvalue weighted by molar-refractivity contribution is 6.39. The molecule has 0 heterocycles. The molecule has 2 aromatic rings. The van der Waals surface area contributed by atoms with Crippen molar-refractivity contribution in [2.24, 2.45) is 0 Å². The molecule has 0 amide bonds. The molecule has 0 atom stereocenters. The summed E-state index contributed by atoms with van der Waals surface area (Å²) in [6.07, 6.45) is 0.833. The third kappa shape index (κ3) is 7.23. The fourth-order valence-corrected chi connectivity index (χ4v) is 2.40. The number of carboxylic acid groups (broad SMARTS) is 1. The number of carboxylic acids is 1. The Kier molecular flexibility index (Phi) is 10.1. The standard InChI is InChI=1S/C17H17Cl2NO3.C3H4O2/c1-3-22-10-23-17(21)12-6-4-5-7-14(12)20-16-13(18)9-8-11(2)15(16)19;1-2-3(4)5/h4-9,20H,3,10H2,1-2H3;2H,1H2,(H,4,5). The number of carbonyl (C=O) groups excluding carboxylic acids is 1. The van der Waals surface area contributed by atoms with Gasteiger partial charge in [0.2, 0.25) is 0 Å². The molecule has 6 nitrogen and oxygen atoms in total. The lowest BCUT2D eigenvalue weighted by Crippen LogP contribution is -2.11. The van der Waals surface area contributed by atoms with Crippen LogP contribution in [0.2, 0.25) is 10.0 Å². The Morgan fingerprint density at radius 3 is 2.46 bits per heavy atom. The number of para-hydroxylation sites is 1. The predicted molar refractivity (Wildman–Crippen MR) is 111 cm³/mol. The Bertz CT molecular complexity index is 839. The smallest absolute Gasteiger partial charge is 0.342 e. The molecule has 0 aliphatic carbocycles. The van der Waals surface area contributed by atoms with Crippen LogP contribution in [0.1, 0.15) is 22.8 Å². The molecule has 0 unspecified atom stereocenters. The first-order valence-corrected chi connectivity index (χ1v) is 8.98. The normalized spacial score (nSPS) is 9.71. The van der Waals surface area contributed by atoms with Crippen LogP contribution in [0.5, 0.6) is 0 Å². The monoisotopic (exact) mass is 425 g/mol. The summed E-state index contributed by atoms with van der Waals surface area (Å²) in [5, 5.41) is 11.7. The van der Waals surface area contributed by atoms with Gasteiger partial charge in [0.1, 0.15) is 0 Å². The zero-order valence-corrected chi connectivity index (χ0v) is 17.0. The number of anilines is 2. The maximum Gasteiger partial charge on any atom is 0.342 e. The first-order chi connectivity index (χ1) is 13.3. The van der Waals surface area contributed by atoms with Crippen molar-refractivity contribution in [1.29, 1.82) is 0 Å². The van der Waals surface area contributed by atoms with Gasteiger partial charge in [-0.05, 0) is 37.6 Å². The fourth-order valence-electron chi connectivity index (χ4n) is 1.93. The number of aryl methyl sites for hydroxylation is 1. The van der Waals surface area contributed by atoms with Gasteiger partial charge in [-0.25, -0.2) is 9.59 Å². The molecule has 0 aliphatic heterocycles. The summed E-state index contributed by atoms with van der Waals surface area (Å²) in [6.45, 7) is 7.05. The maximum atomic E-state index is 12.2. The van der Waals surface area contributed by atoms with E-state index in [1.165, 1.54) is 0 Å².